The highest BCUT2D eigenvalue weighted by molar-refractivity contribution is 5.95. The van der Waals surface area contributed by atoms with E-state index in [1.165, 1.54) is 0 Å². The number of amides is 1. The molecule has 5 nitrogen and oxygen atoms in total. The smallest absolute Gasteiger partial charge is 0.306 e. The molecule has 1 heterocycles. The summed E-state index contributed by atoms with van der Waals surface area (Å²) in [5.41, 5.74) is 1.29. The fraction of sp³-hybridized carbons (Fsp3) is 0.500. The van der Waals surface area contributed by atoms with Gasteiger partial charge in [0.25, 0.3) is 5.91 Å². The van der Waals surface area contributed by atoms with Gasteiger partial charge in [0.05, 0.1) is 11.5 Å². The highest BCUT2D eigenvalue weighted by Gasteiger charge is 2.27. The van der Waals surface area contributed by atoms with Crippen LogP contribution in [-0.2, 0) is 4.79 Å². The minimum absolute atomic E-state index is 0.0720. The number of aromatic nitrogens is 1. The number of carboxylic acid groups (broad SMARTS) is 1. The third kappa shape index (κ3) is 3.30. The number of pyridine rings is 1. The molecule has 2 N–H and O–H groups in total. The third-order valence-electron chi connectivity index (χ3n) is 3.66. The van der Waals surface area contributed by atoms with E-state index in [0.29, 0.717) is 24.1 Å². The Hall–Kier alpha value is -1.91. The number of nitrogens with one attached hydrogen (secondary N) is 1. The Bertz CT molecular complexity index is 479. The number of nitrogens with zero attached hydrogens (tertiary/aromatic N) is 1. The quantitative estimate of drug-likeness (QED) is 0.870. The minimum Gasteiger partial charge on any atom is -0.481 e. The number of carbonyl (C=O) groups is 2. The van der Waals surface area contributed by atoms with Crippen LogP contribution >= 0.6 is 0 Å². The van der Waals surface area contributed by atoms with Crippen molar-refractivity contribution in [2.45, 2.75) is 38.6 Å². The number of aryl methyl sites for hydroxylation is 1. The molecule has 5 heteroatoms. The Morgan fingerprint density at radius 2 is 2.00 bits per heavy atom. The maximum absolute atomic E-state index is 12.1. The standard InChI is InChI=1S/C14H18N2O3/c1-9-12(3-2-8-15-9)13(17)16-11-6-4-10(5-7-11)14(18)19/h2-3,8,10-11H,4-7H2,1H3,(H,16,17)(H,18,19). The Balaban J connectivity index is 1.91. The van der Waals surface area contributed by atoms with Gasteiger partial charge in [-0.05, 0) is 44.7 Å². The van der Waals surface area contributed by atoms with Crippen LogP contribution in [0.3, 0.4) is 0 Å². The second-order valence-corrected chi connectivity index (χ2v) is 5.00. The first-order valence-corrected chi connectivity index (χ1v) is 6.53. The van der Waals surface area contributed by atoms with Crippen molar-refractivity contribution in [2.75, 3.05) is 0 Å². The topological polar surface area (TPSA) is 79.3 Å². The van der Waals surface area contributed by atoms with Crippen molar-refractivity contribution in [3.05, 3.63) is 29.6 Å². The van der Waals surface area contributed by atoms with Gasteiger partial charge >= 0.3 is 5.97 Å². The molecule has 1 aromatic rings. The van der Waals surface area contributed by atoms with E-state index >= 15 is 0 Å². The van der Waals surface area contributed by atoms with Gasteiger partial charge in [-0.2, -0.15) is 0 Å². The fourth-order valence-corrected chi connectivity index (χ4v) is 2.47. The first kappa shape index (κ1) is 13.5. The summed E-state index contributed by atoms with van der Waals surface area (Å²) in [6.07, 6.45) is 4.37. The maximum atomic E-state index is 12.1. The van der Waals surface area contributed by atoms with Gasteiger partial charge in [0.1, 0.15) is 0 Å². The molecule has 0 unspecified atom stereocenters. The number of carbonyl (C=O) groups excluding carboxylic acids is 1. The molecule has 0 radical (unpaired) electrons. The summed E-state index contributed by atoms with van der Waals surface area (Å²) >= 11 is 0. The molecule has 0 saturated heterocycles. The van der Waals surface area contributed by atoms with E-state index in [9.17, 15) is 9.59 Å². The summed E-state index contributed by atoms with van der Waals surface area (Å²) in [7, 11) is 0. The predicted octanol–water partition coefficient (Wildman–Crippen LogP) is 1.76. The zero-order chi connectivity index (χ0) is 13.8. The van der Waals surface area contributed by atoms with Gasteiger partial charge in [-0.3, -0.25) is 14.6 Å². The lowest BCUT2D eigenvalue weighted by molar-refractivity contribution is -0.142. The maximum Gasteiger partial charge on any atom is 0.306 e. The molecule has 0 bridgehead atoms. The highest BCUT2D eigenvalue weighted by Crippen LogP contribution is 2.24. The van der Waals surface area contributed by atoms with Crippen molar-refractivity contribution in [2.24, 2.45) is 5.92 Å². The molecule has 2 rings (SSSR count). The van der Waals surface area contributed by atoms with E-state index in [1.807, 2.05) is 0 Å². The first-order chi connectivity index (χ1) is 9.08. The number of carboxylic acids is 1. The van der Waals surface area contributed by atoms with Crippen molar-refractivity contribution in [1.29, 1.82) is 0 Å². The van der Waals surface area contributed by atoms with Gasteiger partial charge in [0, 0.05) is 17.9 Å². The van der Waals surface area contributed by atoms with Crippen LogP contribution in [0.25, 0.3) is 0 Å². The van der Waals surface area contributed by atoms with Crippen LogP contribution < -0.4 is 5.32 Å². The van der Waals surface area contributed by atoms with Crippen LogP contribution in [0, 0.1) is 12.8 Å². The van der Waals surface area contributed by atoms with Crippen LogP contribution in [0.5, 0.6) is 0 Å². The van der Waals surface area contributed by atoms with Crippen LogP contribution in [0.2, 0.25) is 0 Å². The molecule has 1 aliphatic rings. The van der Waals surface area contributed by atoms with Gasteiger partial charge in [0.15, 0.2) is 0 Å². The SMILES string of the molecule is Cc1ncccc1C(=O)NC1CCC(C(=O)O)CC1. The van der Waals surface area contributed by atoms with Crippen LogP contribution in [0.15, 0.2) is 18.3 Å². The number of rotatable bonds is 3. The molecular weight excluding hydrogens is 244 g/mol. The summed E-state index contributed by atoms with van der Waals surface area (Å²) in [6.45, 7) is 1.80. The second-order valence-electron chi connectivity index (χ2n) is 5.00. The highest BCUT2D eigenvalue weighted by atomic mass is 16.4. The molecule has 1 amide bonds. The van der Waals surface area contributed by atoms with Crippen molar-refractivity contribution in [3.63, 3.8) is 0 Å². The summed E-state index contributed by atoms with van der Waals surface area (Å²) < 4.78 is 0. The molecule has 0 spiro atoms. The van der Waals surface area contributed by atoms with Gasteiger partial charge < -0.3 is 10.4 Å². The van der Waals surface area contributed by atoms with Gasteiger partial charge in [0.2, 0.25) is 0 Å². The zero-order valence-electron chi connectivity index (χ0n) is 10.9. The molecule has 1 aliphatic carbocycles. The van der Waals surface area contributed by atoms with E-state index in [0.717, 1.165) is 12.8 Å². The molecule has 0 aromatic carbocycles. The lowest BCUT2D eigenvalue weighted by Gasteiger charge is -2.26. The first-order valence-electron chi connectivity index (χ1n) is 6.53. The van der Waals surface area contributed by atoms with Crippen molar-refractivity contribution in [1.82, 2.24) is 10.3 Å². The summed E-state index contributed by atoms with van der Waals surface area (Å²) in [5, 5.41) is 11.9. The fourth-order valence-electron chi connectivity index (χ4n) is 2.47. The lowest BCUT2D eigenvalue weighted by Crippen LogP contribution is -2.39. The van der Waals surface area contributed by atoms with E-state index in [1.54, 1.807) is 25.3 Å². The molecular formula is C14H18N2O3. The normalized spacial score (nSPS) is 22.8. The van der Waals surface area contributed by atoms with Gasteiger partial charge in [-0.15, -0.1) is 0 Å². The number of hydrogen-bond donors (Lipinski definition) is 2. The minimum atomic E-state index is -0.729. The monoisotopic (exact) mass is 262 g/mol. The summed E-state index contributed by atoms with van der Waals surface area (Å²) in [6, 6.07) is 3.56. The Kier molecular flexibility index (Phi) is 4.14. The van der Waals surface area contributed by atoms with Crippen LogP contribution in [0.4, 0.5) is 0 Å². The molecule has 1 saturated carbocycles. The number of aliphatic carboxylic acids is 1. The molecule has 0 atom stereocenters. The average Bonchev–Trinajstić information content (AvgIpc) is 2.39. The Morgan fingerprint density at radius 1 is 1.32 bits per heavy atom. The second kappa shape index (κ2) is 5.82. The average molecular weight is 262 g/mol. The Morgan fingerprint density at radius 3 is 2.58 bits per heavy atom. The molecule has 1 aromatic heterocycles. The molecule has 0 aliphatic heterocycles. The van der Waals surface area contributed by atoms with Gasteiger partial charge in [-0.1, -0.05) is 0 Å². The van der Waals surface area contributed by atoms with Crippen molar-refractivity contribution in [3.8, 4) is 0 Å². The van der Waals surface area contributed by atoms with Crippen molar-refractivity contribution >= 4 is 11.9 Å². The summed E-state index contributed by atoms with van der Waals surface area (Å²) in [4.78, 5) is 27.0. The third-order valence-corrected chi connectivity index (χ3v) is 3.66. The molecule has 19 heavy (non-hydrogen) atoms. The van der Waals surface area contributed by atoms with E-state index in [4.69, 9.17) is 5.11 Å². The van der Waals surface area contributed by atoms with Crippen LogP contribution in [0.1, 0.15) is 41.7 Å². The van der Waals surface area contributed by atoms with E-state index in [2.05, 4.69) is 10.3 Å². The van der Waals surface area contributed by atoms with Crippen LogP contribution in [-0.4, -0.2) is 28.0 Å². The summed E-state index contributed by atoms with van der Waals surface area (Å²) in [5.74, 6) is -1.11. The van der Waals surface area contributed by atoms with Crippen molar-refractivity contribution < 1.29 is 14.7 Å². The zero-order valence-corrected chi connectivity index (χ0v) is 10.9. The number of hydrogen-bond acceptors (Lipinski definition) is 3. The lowest BCUT2D eigenvalue weighted by atomic mass is 9.86. The van der Waals surface area contributed by atoms with E-state index in [-0.39, 0.29) is 17.9 Å². The van der Waals surface area contributed by atoms with E-state index < -0.39 is 5.97 Å². The Labute approximate surface area is 112 Å². The van der Waals surface area contributed by atoms with Gasteiger partial charge in [-0.25, -0.2) is 0 Å². The molecule has 102 valence electrons. The largest absolute Gasteiger partial charge is 0.481 e. The molecule has 1 fully saturated rings. The predicted molar refractivity (Wildman–Crippen MR) is 69.8 cm³/mol.